The molecule has 0 aliphatic carbocycles. The SMILES string of the molecule is COc1cc2c(NC3CCN(CCCNC(=O)CCOCCC(=O)N[C@H](C(=O)N4C[C@H](O)C[C@H]4C(=O)NCc4ccc(-c5scnc5C)cc4)C(C)(C)C)CC3)nc(N3CCC(F)(F)CC3)nc2cc1OCCCN1CCCC1. The monoisotopic (exact) mass is 1120 g/mol. The Labute approximate surface area is 466 Å². The van der Waals surface area contributed by atoms with Gasteiger partial charge in [-0.2, -0.15) is 4.98 Å². The summed E-state index contributed by atoms with van der Waals surface area (Å²) in [5.74, 6) is -1.86. The standard InChI is InChI=1S/C57H81F2N11O8S/c1-38-50(79-37-62-38)40-12-10-39(11-13-40)35-61-53(74)45-32-42(71)36-70(45)54(75)51(56(2,3)4)65-49(73)17-31-77-30-16-48(72)60-20-8-23-68-25-14-41(15-26-68)63-52-43-33-46(76-5)47(78-29-9-24-67-21-6-7-22-67)34-44(43)64-55(66-52)69-27-18-57(58,59)19-28-69/h10-13,33-34,37,41-42,45,51,71H,6-9,14-32,35-36H2,1-5H3,(H,60,72)(H,61,74)(H,65,73)(H,63,64,66)/t42-,45+,51-/m1/s1. The summed E-state index contributed by atoms with van der Waals surface area (Å²) in [4.78, 5) is 76.7. The molecule has 4 aromatic rings. The third-order valence-corrected chi connectivity index (χ3v) is 16.4. The average molecular weight is 1120 g/mol. The molecule has 0 spiro atoms. The van der Waals surface area contributed by atoms with Crippen LogP contribution < -0.4 is 35.6 Å². The number of benzene rings is 2. The number of nitrogens with one attached hydrogen (secondary N) is 4. The minimum absolute atomic E-state index is 0.0277. The Balaban J connectivity index is 0.728. The zero-order chi connectivity index (χ0) is 56.1. The van der Waals surface area contributed by atoms with E-state index in [1.165, 1.54) is 17.7 Å². The lowest BCUT2D eigenvalue weighted by Gasteiger charge is -2.35. The molecule has 5 N–H and O–H groups in total. The number of methoxy groups -OCH3 is 1. The van der Waals surface area contributed by atoms with Crippen molar-refractivity contribution in [1.82, 2.24) is 45.6 Å². The van der Waals surface area contributed by atoms with Crippen LogP contribution in [0.15, 0.2) is 41.9 Å². The van der Waals surface area contributed by atoms with Crippen LogP contribution in [0.2, 0.25) is 0 Å². The molecule has 432 valence electrons. The normalized spacial score (nSPS) is 19.6. The van der Waals surface area contributed by atoms with Crippen LogP contribution in [-0.2, 0) is 30.5 Å². The molecule has 0 saturated carbocycles. The Morgan fingerprint density at radius 1 is 0.873 bits per heavy atom. The Kier molecular flexibility index (Phi) is 20.7. The van der Waals surface area contributed by atoms with E-state index in [1.807, 2.05) is 74.5 Å². The summed E-state index contributed by atoms with van der Waals surface area (Å²) in [6, 6.07) is 9.88. The molecule has 3 atom stereocenters. The Morgan fingerprint density at radius 3 is 2.25 bits per heavy atom. The number of hydrogen-bond acceptors (Lipinski definition) is 16. The Hall–Kier alpha value is -5.81. The van der Waals surface area contributed by atoms with Crippen LogP contribution in [0.1, 0.15) is 103 Å². The molecule has 2 aromatic heterocycles. The summed E-state index contributed by atoms with van der Waals surface area (Å²) in [5, 5.41) is 23.8. The van der Waals surface area contributed by atoms with Gasteiger partial charge in [-0.05, 0) is 87.7 Å². The lowest BCUT2D eigenvalue weighted by Crippen LogP contribution is -2.57. The van der Waals surface area contributed by atoms with Gasteiger partial charge in [-0.25, -0.2) is 18.7 Å². The van der Waals surface area contributed by atoms with Gasteiger partial charge in [0.25, 0.3) is 5.92 Å². The minimum atomic E-state index is -2.70. The van der Waals surface area contributed by atoms with Crippen molar-refractivity contribution in [1.29, 1.82) is 0 Å². The van der Waals surface area contributed by atoms with Gasteiger partial charge in [0.2, 0.25) is 29.6 Å². The second kappa shape index (κ2) is 27.6. The van der Waals surface area contributed by atoms with Crippen LogP contribution in [0, 0.1) is 12.3 Å². The van der Waals surface area contributed by atoms with Gasteiger partial charge in [0.05, 0.1) is 54.6 Å². The highest BCUT2D eigenvalue weighted by Gasteiger charge is 2.44. The fourth-order valence-electron chi connectivity index (χ4n) is 10.7. The summed E-state index contributed by atoms with van der Waals surface area (Å²) in [6.45, 7) is 15.0. The van der Waals surface area contributed by atoms with Crippen molar-refractivity contribution in [3.63, 3.8) is 0 Å². The van der Waals surface area contributed by atoms with E-state index in [0.29, 0.717) is 41.9 Å². The molecule has 8 rings (SSSR count). The van der Waals surface area contributed by atoms with Crippen molar-refractivity contribution in [3.8, 4) is 21.9 Å². The minimum Gasteiger partial charge on any atom is -0.493 e. The first-order valence-corrected chi connectivity index (χ1v) is 29.1. The molecule has 6 heterocycles. The van der Waals surface area contributed by atoms with Gasteiger partial charge in [-0.1, -0.05) is 45.0 Å². The third kappa shape index (κ3) is 16.6. The highest BCUT2D eigenvalue weighted by Crippen LogP contribution is 2.38. The molecule has 2 aromatic carbocycles. The first-order valence-electron chi connectivity index (χ1n) is 28.2. The number of anilines is 2. The van der Waals surface area contributed by atoms with Gasteiger partial charge in [0.1, 0.15) is 17.9 Å². The van der Waals surface area contributed by atoms with Crippen LogP contribution in [-0.4, -0.2) is 181 Å². The first-order chi connectivity index (χ1) is 37.9. The fraction of sp³-hybridized carbons (Fsp3) is 0.632. The number of piperidine rings is 2. The van der Waals surface area contributed by atoms with E-state index in [-0.39, 0.29) is 89.4 Å². The molecule has 0 bridgehead atoms. The predicted molar refractivity (Wildman–Crippen MR) is 301 cm³/mol. The van der Waals surface area contributed by atoms with E-state index in [9.17, 15) is 33.1 Å². The molecule has 79 heavy (non-hydrogen) atoms. The van der Waals surface area contributed by atoms with E-state index < -0.39 is 41.3 Å². The Morgan fingerprint density at radius 2 is 1.57 bits per heavy atom. The molecule has 0 radical (unpaired) electrons. The maximum Gasteiger partial charge on any atom is 0.251 e. The van der Waals surface area contributed by atoms with Gasteiger partial charge in [-0.3, -0.25) is 19.2 Å². The maximum atomic E-state index is 14.2. The number of aromatic nitrogens is 3. The molecule has 4 amide bonds. The highest BCUT2D eigenvalue weighted by atomic mass is 32.1. The van der Waals surface area contributed by atoms with Gasteiger partial charge < -0.3 is 60.2 Å². The number of alkyl halides is 2. The number of carbonyl (C=O) groups excluding carboxylic acids is 4. The van der Waals surface area contributed by atoms with Crippen LogP contribution >= 0.6 is 11.3 Å². The number of rotatable bonds is 25. The average Bonchev–Trinajstić information content (AvgIpc) is 4.31. The molecule has 19 nitrogen and oxygen atoms in total. The smallest absolute Gasteiger partial charge is 0.251 e. The van der Waals surface area contributed by atoms with Gasteiger partial charge >= 0.3 is 0 Å². The number of carbonyl (C=O) groups is 4. The van der Waals surface area contributed by atoms with Gasteiger partial charge in [0, 0.05) is 102 Å². The lowest BCUT2D eigenvalue weighted by molar-refractivity contribution is -0.144. The number of hydrogen-bond donors (Lipinski definition) is 5. The summed E-state index contributed by atoms with van der Waals surface area (Å²) in [7, 11) is 1.62. The van der Waals surface area contributed by atoms with Crippen molar-refractivity contribution in [2.24, 2.45) is 5.41 Å². The molecular weight excluding hydrogens is 1040 g/mol. The first kappa shape index (κ1) is 59.3. The number of nitrogens with zero attached hydrogens (tertiary/aromatic N) is 7. The number of ether oxygens (including phenoxy) is 3. The fourth-order valence-corrected chi connectivity index (χ4v) is 11.5. The quantitative estimate of drug-likeness (QED) is 0.0470. The summed E-state index contributed by atoms with van der Waals surface area (Å²) < 4.78 is 46.1. The van der Waals surface area contributed by atoms with Crippen LogP contribution in [0.5, 0.6) is 11.5 Å². The largest absolute Gasteiger partial charge is 0.493 e. The zero-order valence-electron chi connectivity index (χ0n) is 46.6. The van der Waals surface area contributed by atoms with Crippen LogP contribution in [0.25, 0.3) is 21.3 Å². The topological polar surface area (TPSA) is 216 Å². The van der Waals surface area contributed by atoms with Crippen molar-refractivity contribution in [2.45, 2.75) is 135 Å². The van der Waals surface area contributed by atoms with Crippen LogP contribution in [0.3, 0.4) is 0 Å². The van der Waals surface area contributed by atoms with Crippen molar-refractivity contribution in [3.05, 3.63) is 53.2 Å². The molecule has 4 saturated heterocycles. The number of thiazole rings is 1. The lowest BCUT2D eigenvalue weighted by atomic mass is 9.85. The summed E-state index contributed by atoms with van der Waals surface area (Å²) in [6.07, 6.45) is 4.64. The number of aliphatic hydroxyl groups is 1. The van der Waals surface area contributed by atoms with E-state index >= 15 is 0 Å². The summed E-state index contributed by atoms with van der Waals surface area (Å²) >= 11 is 1.57. The number of likely N-dealkylation sites (tertiary alicyclic amines) is 3. The van der Waals surface area contributed by atoms with E-state index in [0.717, 1.165) is 92.0 Å². The van der Waals surface area contributed by atoms with Crippen molar-refractivity contribution in [2.75, 3.05) is 103 Å². The van der Waals surface area contributed by atoms with Crippen molar-refractivity contribution < 1.29 is 47.3 Å². The molecular formula is C57H81F2N11O8S. The number of β-amino-alcohol motifs (C(OH)–C–C–N with tert-alkyl or cyclic N) is 1. The molecule has 4 fully saturated rings. The second-order valence-corrected chi connectivity index (χ2v) is 23.4. The molecule has 22 heteroatoms. The molecule has 0 unspecified atom stereocenters. The van der Waals surface area contributed by atoms with E-state index in [2.05, 4.69) is 36.1 Å². The molecule has 4 aliphatic heterocycles. The van der Waals surface area contributed by atoms with E-state index in [4.69, 9.17) is 24.2 Å². The van der Waals surface area contributed by atoms with Crippen molar-refractivity contribution >= 4 is 57.6 Å². The second-order valence-electron chi connectivity index (χ2n) is 22.5. The van der Waals surface area contributed by atoms with Crippen LogP contribution in [0.4, 0.5) is 20.5 Å². The number of aryl methyl sites for hydroxylation is 1. The maximum absolute atomic E-state index is 14.2. The predicted octanol–water partition coefficient (Wildman–Crippen LogP) is 6.16. The third-order valence-electron chi connectivity index (χ3n) is 15.4. The Bertz CT molecular complexity index is 2670. The molecule has 4 aliphatic rings. The highest BCUT2D eigenvalue weighted by molar-refractivity contribution is 7.13. The van der Waals surface area contributed by atoms with E-state index in [1.54, 1.807) is 18.4 Å². The summed E-state index contributed by atoms with van der Waals surface area (Å²) in [5.41, 5.74) is 4.64. The van der Waals surface area contributed by atoms with Gasteiger partial charge in [-0.15, -0.1) is 11.3 Å². The van der Waals surface area contributed by atoms with Gasteiger partial charge in [0.15, 0.2) is 11.5 Å². The number of amides is 4. The number of halogens is 2. The number of fused-ring (bicyclic) bond motifs is 1. The zero-order valence-corrected chi connectivity index (χ0v) is 47.4. The number of aliphatic hydroxyl groups excluding tert-OH is 1.